The smallest absolute Gasteiger partial charge is 0.267 e. The first-order chi connectivity index (χ1) is 8.25. The highest BCUT2D eigenvalue weighted by Crippen LogP contribution is 2.19. The Morgan fingerprint density at radius 2 is 2.00 bits per heavy atom. The number of hydrazone groups is 1. The van der Waals surface area contributed by atoms with Crippen LogP contribution in [0.15, 0.2) is 47.6 Å². The molecule has 1 aromatic carbocycles. The van der Waals surface area contributed by atoms with Crippen molar-refractivity contribution in [3.05, 3.63) is 57.2 Å². The molecule has 5 heteroatoms. The van der Waals surface area contributed by atoms with E-state index in [0.717, 1.165) is 4.88 Å². The predicted molar refractivity (Wildman–Crippen MR) is 70.8 cm³/mol. The predicted octanol–water partition coefficient (Wildman–Crippen LogP) is 3.17. The number of rotatable bonds is 3. The molecule has 0 aliphatic rings. The molecular formula is C12H9ClN2OS. The summed E-state index contributed by atoms with van der Waals surface area (Å²) in [6.45, 7) is 0. The van der Waals surface area contributed by atoms with Crippen LogP contribution in [0.4, 0.5) is 0 Å². The fourth-order valence-corrected chi connectivity index (χ4v) is 2.14. The second kappa shape index (κ2) is 5.61. The summed E-state index contributed by atoms with van der Waals surface area (Å²) in [5, 5.41) is 3.86. The van der Waals surface area contributed by atoms with Crippen LogP contribution in [0.1, 0.15) is 15.2 Å². The van der Waals surface area contributed by atoms with Crippen molar-refractivity contribution in [3.63, 3.8) is 0 Å². The normalized spacial score (nSPS) is 10.6. The summed E-state index contributed by atoms with van der Waals surface area (Å²) in [6.07, 6.45) is 1.57. The van der Waals surface area contributed by atoms with Crippen LogP contribution in [0.5, 0.6) is 0 Å². The van der Waals surface area contributed by atoms with Gasteiger partial charge in [0.05, 0.1) is 10.6 Å². The van der Waals surface area contributed by atoms with Crippen LogP contribution in [-0.2, 0) is 0 Å². The molecule has 0 spiro atoms. The molecule has 0 unspecified atom stereocenters. The third-order valence-electron chi connectivity index (χ3n) is 1.99. The molecule has 1 amide bonds. The molecule has 1 N–H and O–H groups in total. The van der Waals surface area contributed by atoms with Gasteiger partial charge in [-0.15, -0.1) is 11.3 Å². The van der Waals surface area contributed by atoms with Gasteiger partial charge in [0.2, 0.25) is 0 Å². The highest BCUT2D eigenvalue weighted by Gasteiger charge is 2.01. The van der Waals surface area contributed by atoms with Crippen LogP contribution < -0.4 is 5.43 Å². The lowest BCUT2D eigenvalue weighted by molar-refractivity contribution is 0.0955. The molecule has 2 aromatic rings. The minimum Gasteiger partial charge on any atom is -0.267 e. The standard InChI is InChI=1S/C12H9ClN2OS/c13-11-7-6-10(17-11)8-14-15-12(16)9-4-2-1-3-5-9/h1-8H,(H,15,16)/b14-8-. The maximum atomic E-state index is 11.6. The Labute approximate surface area is 108 Å². The van der Waals surface area contributed by atoms with E-state index in [2.05, 4.69) is 10.5 Å². The van der Waals surface area contributed by atoms with E-state index in [0.29, 0.717) is 9.90 Å². The summed E-state index contributed by atoms with van der Waals surface area (Å²) >= 11 is 7.17. The van der Waals surface area contributed by atoms with Gasteiger partial charge >= 0.3 is 0 Å². The van der Waals surface area contributed by atoms with Gasteiger partial charge in [-0.2, -0.15) is 5.10 Å². The van der Waals surface area contributed by atoms with E-state index < -0.39 is 0 Å². The molecule has 0 aliphatic carbocycles. The maximum absolute atomic E-state index is 11.6. The molecule has 1 aromatic heterocycles. The second-order valence-electron chi connectivity index (χ2n) is 3.21. The number of amides is 1. The van der Waals surface area contributed by atoms with Crippen molar-refractivity contribution in [3.8, 4) is 0 Å². The molecule has 0 atom stereocenters. The van der Waals surface area contributed by atoms with E-state index in [9.17, 15) is 4.79 Å². The summed E-state index contributed by atoms with van der Waals surface area (Å²) in [5.74, 6) is -0.232. The van der Waals surface area contributed by atoms with E-state index in [-0.39, 0.29) is 5.91 Å². The second-order valence-corrected chi connectivity index (χ2v) is 4.95. The van der Waals surface area contributed by atoms with Crippen LogP contribution >= 0.6 is 22.9 Å². The lowest BCUT2D eigenvalue weighted by Crippen LogP contribution is -2.17. The van der Waals surface area contributed by atoms with Gasteiger partial charge in [-0.1, -0.05) is 29.8 Å². The Morgan fingerprint density at radius 3 is 2.65 bits per heavy atom. The summed E-state index contributed by atoms with van der Waals surface area (Å²) in [7, 11) is 0. The quantitative estimate of drug-likeness (QED) is 0.671. The van der Waals surface area contributed by atoms with E-state index in [1.54, 1.807) is 36.5 Å². The number of nitrogens with zero attached hydrogens (tertiary/aromatic N) is 1. The highest BCUT2D eigenvalue weighted by atomic mass is 35.5. The molecule has 86 valence electrons. The molecule has 0 saturated heterocycles. The van der Waals surface area contributed by atoms with Gasteiger partial charge in [0.15, 0.2) is 0 Å². The third-order valence-corrected chi connectivity index (χ3v) is 3.15. The van der Waals surface area contributed by atoms with Gasteiger partial charge in [-0.25, -0.2) is 5.43 Å². The van der Waals surface area contributed by atoms with Crippen molar-refractivity contribution in [2.45, 2.75) is 0 Å². The topological polar surface area (TPSA) is 41.5 Å². The molecule has 0 radical (unpaired) electrons. The molecule has 0 bridgehead atoms. The van der Waals surface area contributed by atoms with Gasteiger partial charge in [0.25, 0.3) is 5.91 Å². The first-order valence-corrected chi connectivity index (χ1v) is 6.09. The van der Waals surface area contributed by atoms with Gasteiger partial charge in [0.1, 0.15) is 0 Å². The summed E-state index contributed by atoms with van der Waals surface area (Å²) < 4.78 is 0.695. The molecule has 0 saturated carbocycles. The minimum absolute atomic E-state index is 0.232. The highest BCUT2D eigenvalue weighted by molar-refractivity contribution is 7.17. The number of hydrogen-bond donors (Lipinski definition) is 1. The van der Waals surface area contributed by atoms with Crippen molar-refractivity contribution in [2.24, 2.45) is 5.10 Å². The van der Waals surface area contributed by atoms with Crippen LogP contribution in [0, 0.1) is 0 Å². The lowest BCUT2D eigenvalue weighted by Gasteiger charge is -1.97. The van der Waals surface area contributed by atoms with Crippen molar-refractivity contribution < 1.29 is 4.79 Å². The van der Waals surface area contributed by atoms with Gasteiger partial charge in [-0.3, -0.25) is 4.79 Å². The van der Waals surface area contributed by atoms with E-state index in [1.165, 1.54) is 11.3 Å². The Bertz CT molecular complexity index is 536. The van der Waals surface area contributed by atoms with Crippen LogP contribution in [0.3, 0.4) is 0 Å². The van der Waals surface area contributed by atoms with Crippen molar-refractivity contribution in [1.29, 1.82) is 0 Å². The number of carbonyl (C=O) groups excluding carboxylic acids is 1. The van der Waals surface area contributed by atoms with Crippen molar-refractivity contribution >= 4 is 35.1 Å². The molecule has 17 heavy (non-hydrogen) atoms. The van der Waals surface area contributed by atoms with Gasteiger partial charge < -0.3 is 0 Å². The average Bonchev–Trinajstić information content (AvgIpc) is 2.76. The first-order valence-electron chi connectivity index (χ1n) is 4.89. The SMILES string of the molecule is O=C(N/N=C\c1ccc(Cl)s1)c1ccccc1. The largest absolute Gasteiger partial charge is 0.271 e. The molecule has 2 rings (SSSR count). The number of benzene rings is 1. The Hall–Kier alpha value is -1.65. The monoisotopic (exact) mass is 264 g/mol. The van der Waals surface area contributed by atoms with Gasteiger partial charge in [0, 0.05) is 10.4 Å². The molecular weight excluding hydrogens is 256 g/mol. The summed E-state index contributed by atoms with van der Waals surface area (Å²) in [6, 6.07) is 12.5. The average molecular weight is 265 g/mol. The zero-order chi connectivity index (χ0) is 12.1. The first kappa shape index (κ1) is 11.8. The number of hydrogen-bond acceptors (Lipinski definition) is 3. The minimum atomic E-state index is -0.232. The number of halogens is 1. The molecule has 1 heterocycles. The molecule has 0 aliphatic heterocycles. The van der Waals surface area contributed by atoms with E-state index in [1.807, 2.05) is 12.1 Å². The van der Waals surface area contributed by atoms with Crippen LogP contribution in [-0.4, -0.2) is 12.1 Å². The molecule has 0 fully saturated rings. The van der Waals surface area contributed by atoms with Crippen LogP contribution in [0.25, 0.3) is 0 Å². The lowest BCUT2D eigenvalue weighted by atomic mass is 10.2. The van der Waals surface area contributed by atoms with E-state index in [4.69, 9.17) is 11.6 Å². The van der Waals surface area contributed by atoms with Gasteiger partial charge in [-0.05, 0) is 24.3 Å². The van der Waals surface area contributed by atoms with Crippen LogP contribution in [0.2, 0.25) is 4.34 Å². The summed E-state index contributed by atoms with van der Waals surface area (Å²) in [4.78, 5) is 12.5. The third kappa shape index (κ3) is 3.41. The maximum Gasteiger partial charge on any atom is 0.271 e. The Morgan fingerprint density at radius 1 is 1.24 bits per heavy atom. The Balaban J connectivity index is 1.95. The van der Waals surface area contributed by atoms with Crippen molar-refractivity contribution in [1.82, 2.24) is 5.43 Å². The number of carbonyl (C=O) groups is 1. The van der Waals surface area contributed by atoms with Crippen molar-refractivity contribution in [2.75, 3.05) is 0 Å². The van der Waals surface area contributed by atoms with E-state index >= 15 is 0 Å². The zero-order valence-corrected chi connectivity index (χ0v) is 10.3. The number of thiophene rings is 1. The Kier molecular flexibility index (Phi) is 3.90. The zero-order valence-electron chi connectivity index (χ0n) is 8.76. The number of nitrogens with one attached hydrogen (secondary N) is 1. The fourth-order valence-electron chi connectivity index (χ4n) is 1.21. The summed E-state index contributed by atoms with van der Waals surface area (Å²) in [5.41, 5.74) is 3.03. The molecule has 3 nitrogen and oxygen atoms in total. The fraction of sp³-hybridized carbons (Fsp3) is 0.